The largest absolute Gasteiger partial charge is 0.336 e. The van der Waals surface area contributed by atoms with E-state index in [1.54, 1.807) is 6.92 Å². The van der Waals surface area contributed by atoms with Crippen LogP contribution in [0, 0.1) is 5.92 Å². The minimum absolute atomic E-state index is 0.124. The number of carbonyl (C=O) groups is 1. The molecular weight excluding hydrogens is 162 g/mol. The van der Waals surface area contributed by atoms with Crippen molar-refractivity contribution in [2.75, 3.05) is 6.54 Å². The molecule has 1 aliphatic rings. The summed E-state index contributed by atoms with van der Waals surface area (Å²) in [6.45, 7) is 10.7. The summed E-state index contributed by atoms with van der Waals surface area (Å²) < 4.78 is 0. The van der Waals surface area contributed by atoms with Gasteiger partial charge in [-0.25, -0.2) is 0 Å². The molecule has 0 bridgehead atoms. The first-order chi connectivity index (χ1) is 6.02. The molecular formula is C11H19NO. The molecule has 0 aliphatic carbocycles. The molecule has 2 heteroatoms. The Kier molecular flexibility index (Phi) is 3.12. The number of hydrogen-bond acceptors (Lipinski definition) is 1. The van der Waals surface area contributed by atoms with Gasteiger partial charge < -0.3 is 4.90 Å². The van der Waals surface area contributed by atoms with Gasteiger partial charge >= 0.3 is 0 Å². The van der Waals surface area contributed by atoms with Crippen molar-refractivity contribution < 1.29 is 4.79 Å². The van der Waals surface area contributed by atoms with Crippen molar-refractivity contribution in [1.82, 2.24) is 4.90 Å². The number of hydrogen-bond donors (Lipinski definition) is 0. The number of piperidine rings is 1. The predicted octanol–water partition coefficient (Wildman–Crippen LogP) is 2.21. The Morgan fingerprint density at radius 2 is 2.00 bits per heavy atom. The Balaban J connectivity index is 2.65. The molecule has 0 aromatic rings. The van der Waals surface area contributed by atoms with Gasteiger partial charge in [-0.15, -0.1) is 0 Å². The second kappa shape index (κ2) is 3.95. The van der Waals surface area contributed by atoms with Crippen LogP contribution in [0.15, 0.2) is 12.2 Å². The van der Waals surface area contributed by atoms with Crippen LogP contribution in [0.25, 0.3) is 0 Å². The van der Waals surface area contributed by atoms with Crippen LogP contribution in [0.3, 0.4) is 0 Å². The van der Waals surface area contributed by atoms with E-state index >= 15 is 0 Å². The number of nitrogens with zero attached hydrogens (tertiary/aromatic N) is 1. The Bertz CT molecular complexity index is 222. The summed E-state index contributed by atoms with van der Waals surface area (Å²) in [6.07, 6.45) is 2.36. The summed E-state index contributed by atoms with van der Waals surface area (Å²) in [6, 6.07) is 0.389. The third kappa shape index (κ3) is 2.33. The molecule has 1 amide bonds. The zero-order chi connectivity index (χ0) is 10.0. The van der Waals surface area contributed by atoms with Gasteiger partial charge in [-0.1, -0.05) is 13.5 Å². The van der Waals surface area contributed by atoms with E-state index in [0.717, 1.165) is 13.0 Å². The van der Waals surface area contributed by atoms with Crippen LogP contribution in [-0.2, 0) is 4.79 Å². The highest BCUT2D eigenvalue weighted by Crippen LogP contribution is 2.22. The third-order valence-corrected chi connectivity index (χ3v) is 2.74. The molecule has 0 N–H and O–H groups in total. The first-order valence-corrected chi connectivity index (χ1v) is 4.99. The van der Waals surface area contributed by atoms with Crippen LogP contribution >= 0.6 is 0 Å². The molecule has 0 spiro atoms. The fourth-order valence-electron chi connectivity index (χ4n) is 1.82. The van der Waals surface area contributed by atoms with Crippen molar-refractivity contribution in [2.24, 2.45) is 5.92 Å². The topological polar surface area (TPSA) is 20.3 Å². The molecule has 0 aromatic carbocycles. The Morgan fingerprint density at radius 1 is 1.38 bits per heavy atom. The van der Waals surface area contributed by atoms with Gasteiger partial charge in [-0.05, 0) is 32.6 Å². The summed E-state index contributed by atoms with van der Waals surface area (Å²) in [5.41, 5.74) is 0.654. The van der Waals surface area contributed by atoms with Crippen molar-refractivity contribution in [3.8, 4) is 0 Å². The molecule has 1 heterocycles. The first-order valence-electron chi connectivity index (χ1n) is 4.99. The Labute approximate surface area is 80.6 Å². The SMILES string of the molecule is C=C(C)C(=O)N1CC(C)CCC1C. The van der Waals surface area contributed by atoms with Crippen molar-refractivity contribution >= 4 is 5.91 Å². The van der Waals surface area contributed by atoms with E-state index in [1.807, 2.05) is 4.90 Å². The summed E-state index contributed by atoms with van der Waals surface area (Å²) in [4.78, 5) is 13.6. The van der Waals surface area contributed by atoms with E-state index in [2.05, 4.69) is 20.4 Å². The lowest BCUT2D eigenvalue weighted by Gasteiger charge is -2.36. The van der Waals surface area contributed by atoms with Gasteiger partial charge in [0.05, 0.1) is 0 Å². The maximum Gasteiger partial charge on any atom is 0.249 e. The molecule has 74 valence electrons. The number of amides is 1. The molecule has 0 saturated carbocycles. The van der Waals surface area contributed by atoms with E-state index in [4.69, 9.17) is 0 Å². The van der Waals surface area contributed by atoms with Crippen LogP contribution in [-0.4, -0.2) is 23.4 Å². The van der Waals surface area contributed by atoms with Crippen LogP contribution in [0.1, 0.15) is 33.6 Å². The molecule has 2 unspecified atom stereocenters. The third-order valence-electron chi connectivity index (χ3n) is 2.74. The van der Waals surface area contributed by atoms with Gasteiger partial charge in [0.2, 0.25) is 5.91 Å². The molecule has 1 saturated heterocycles. The van der Waals surface area contributed by atoms with Crippen molar-refractivity contribution in [2.45, 2.75) is 39.7 Å². The lowest BCUT2D eigenvalue weighted by molar-refractivity contribution is -0.131. The van der Waals surface area contributed by atoms with Gasteiger partial charge in [-0.3, -0.25) is 4.79 Å². The van der Waals surface area contributed by atoms with Gasteiger partial charge in [0, 0.05) is 18.2 Å². The summed E-state index contributed by atoms with van der Waals surface area (Å²) in [5, 5.41) is 0. The first kappa shape index (κ1) is 10.3. The molecule has 13 heavy (non-hydrogen) atoms. The van der Waals surface area contributed by atoms with E-state index in [9.17, 15) is 4.79 Å². The standard InChI is InChI=1S/C11H19NO/c1-8(2)11(13)12-7-9(3)5-6-10(12)4/h9-10H,1,5-7H2,2-4H3. The highest BCUT2D eigenvalue weighted by Gasteiger charge is 2.26. The van der Waals surface area contributed by atoms with Crippen molar-refractivity contribution in [3.05, 3.63) is 12.2 Å². The minimum atomic E-state index is 0.124. The Hall–Kier alpha value is -0.790. The Morgan fingerprint density at radius 3 is 2.54 bits per heavy atom. The van der Waals surface area contributed by atoms with Crippen LogP contribution in [0.2, 0.25) is 0 Å². The van der Waals surface area contributed by atoms with Gasteiger partial charge in [0.15, 0.2) is 0 Å². The normalized spacial score (nSPS) is 28.7. The molecule has 1 aliphatic heterocycles. The number of rotatable bonds is 1. The van der Waals surface area contributed by atoms with Crippen molar-refractivity contribution in [1.29, 1.82) is 0 Å². The predicted molar refractivity (Wildman–Crippen MR) is 54.4 cm³/mol. The maximum absolute atomic E-state index is 11.7. The average molecular weight is 181 g/mol. The van der Waals surface area contributed by atoms with Gasteiger partial charge in [0.1, 0.15) is 0 Å². The second-order valence-corrected chi connectivity index (χ2v) is 4.27. The molecule has 0 radical (unpaired) electrons. The van der Waals surface area contributed by atoms with Crippen LogP contribution in [0.4, 0.5) is 0 Å². The molecule has 2 nitrogen and oxygen atoms in total. The van der Waals surface area contributed by atoms with E-state index in [-0.39, 0.29) is 5.91 Å². The van der Waals surface area contributed by atoms with E-state index < -0.39 is 0 Å². The monoisotopic (exact) mass is 181 g/mol. The lowest BCUT2D eigenvalue weighted by Crippen LogP contribution is -2.45. The lowest BCUT2D eigenvalue weighted by atomic mass is 9.94. The quantitative estimate of drug-likeness (QED) is 0.568. The summed E-state index contributed by atoms with van der Waals surface area (Å²) in [5.74, 6) is 0.763. The fourth-order valence-corrected chi connectivity index (χ4v) is 1.82. The van der Waals surface area contributed by atoms with Crippen LogP contribution < -0.4 is 0 Å². The molecule has 1 rings (SSSR count). The zero-order valence-electron chi connectivity index (χ0n) is 8.84. The number of likely N-dealkylation sites (tertiary alicyclic amines) is 1. The highest BCUT2D eigenvalue weighted by atomic mass is 16.2. The van der Waals surface area contributed by atoms with Gasteiger partial charge in [-0.2, -0.15) is 0 Å². The van der Waals surface area contributed by atoms with Crippen molar-refractivity contribution in [3.63, 3.8) is 0 Å². The fraction of sp³-hybridized carbons (Fsp3) is 0.727. The zero-order valence-corrected chi connectivity index (χ0v) is 8.84. The molecule has 1 fully saturated rings. The van der Waals surface area contributed by atoms with Crippen LogP contribution in [0.5, 0.6) is 0 Å². The smallest absolute Gasteiger partial charge is 0.249 e. The average Bonchev–Trinajstić information content (AvgIpc) is 2.08. The molecule has 0 aromatic heterocycles. The minimum Gasteiger partial charge on any atom is -0.336 e. The summed E-state index contributed by atoms with van der Waals surface area (Å²) >= 11 is 0. The van der Waals surface area contributed by atoms with E-state index in [1.165, 1.54) is 6.42 Å². The maximum atomic E-state index is 11.7. The van der Waals surface area contributed by atoms with E-state index in [0.29, 0.717) is 17.5 Å². The summed E-state index contributed by atoms with van der Waals surface area (Å²) in [7, 11) is 0. The number of carbonyl (C=O) groups excluding carboxylic acids is 1. The second-order valence-electron chi connectivity index (χ2n) is 4.27. The highest BCUT2D eigenvalue weighted by molar-refractivity contribution is 5.92. The van der Waals surface area contributed by atoms with Gasteiger partial charge in [0.25, 0.3) is 0 Å². The molecule has 2 atom stereocenters.